The molecule has 1 atom stereocenters. The molecule has 6 nitrogen and oxygen atoms in total. The zero-order chi connectivity index (χ0) is 23.2. The van der Waals surface area contributed by atoms with Gasteiger partial charge in [0.2, 0.25) is 5.91 Å². The average molecular weight is 445 g/mol. The van der Waals surface area contributed by atoms with Gasteiger partial charge < -0.3 is 9.80 Å². The smallest absolute Gasteiger partial charge is 0.325 e. The van der Waals surface area contributed by atoms with Crippen molar-refractivity contribution in [2.24, 2.45) is 0 Å². The third kappa shape index (κ3) is 3.94. The van der Waals surface area contributed by atoms with Crippen molar-refractivity contribution in [3.63, 3.8) is 0 Å². The van der Waals surface area contributed by atoms with Crippen molar-refractivity contribution in [1.82, 2.24) is 14.7 Å². The van der Waals surface area contributed by atoms with Gasteiger partial charge in [-0.3, -0.25) is 14.5 Å². The molecular formula is C23H22F3N3O3. The molecule has 0 saturated carbocycles. The molecule has 168 valence electrons. The lowest BCUT2D eigenvalue weighted by Gasteiger charge is -2.24. The van der Waals surface area contributed by atoms with Crippen LogP contribution in [0.1, 0.15) is 41.4 Å². The molecule has 2 aliphatic rings. The van der Waals surface area contributed by atoms with Gasteiger partial charge in [-0.15, -0.1) is 0 Å². The van der Waals surface area contributed by atoms with Crippen molar-refractivity contribution < 1.29 is 27.6 Å². The Hall–Kier alpha value is -3.36. The van der Waals surface area contributed by atoms with Gasteiger partial charge in [0, 0.05) is 18.7 Å². The van der Waals surface area contributed by atoms with E-state index < -0.39 is 18.6 Å². The van der Waals surface area contributed by atoms with Crippen LogP contribution in [0.15, 0.2) is 42.5 Å². The van der Waals surface area contributed by atoms with Gasteiger partial charge in [0.05, 0.1) is 6.04 Å². The third-order valence-electron chi connectivity index (χ3n) is 5.95. The highest BCUT2D eigenvalue weighted by molar-refractivity contribution is 6.02. The van der Waals surface area contributed by atoms with Gasteiger partial charge in [0.15, 0.2) is 0 Å². The fraction of sp³-hybridized carbons (Fsp3) is 0.348. The Kier molecular flexibility index (Phi) is 5.44. The predicted molar refractivity (Wildman–Crippen MR) is 111 cm³/mol. The molecule has 0 unspecified atom stereocenters. The lowest BCUT2D eigenvalue weighted by molar-refractivity contribution is -0.141. The van der Waals surface area contributed by atoms with Gasteiger partial charge in [-0.25, -0.2) is 4.79 Å². The maximum absolute atomic E-state index is 12.7. The lowest BCUT2D eigenvalue weighted by Crippen LogP contribution is -2.34. The Bertz CT molecular complexity index is 1080. The summed E-state index contributed by atoms with van der Waals surface area (Å²) in [5.41, 5.74) is 3.34. The summed E-state index contributed by atoms with van der Waals surface area (Å²) in [4.78, 5) is 40.2. The molecule has 32 heavy (non-hydrogen) atoms. The van der Waals surface area contributed by atoms with E-state index in [9.17, 15) is 27.6 Å². The van der Waals surface area contributed by atoms with Crippen molar-refractivity contribution in [1.29, 1.82) is 0 Å². The number of hydrogen-bond donors (Lipinski definition) is 0. The van der Waals surface area contributed by atoms with Crippen LogP contribution in [0.2, 0.25) is 0 Å². The Labute approximate surface area is 183 Å². The molecular weight excluding hydrogens is 423 g/mol. The first-order chi connectivity index (χ1) is 15.1. The molecule has 1 fully saturated rings. The van der Waals surface area contributed by atoms with E-state index in [4.69, 9.17) is 0 Å². The molecule has 0 N–H and O–H groups in total. The standard InChI is InChI=1S/C23H22F3N3O3/c1-3-28-20(30)12-29(22(28)32)14(2)15-4-6-16(7-5-15)17-8-9-19-18(10-17)11-27(21(19)31)13-23(24,25)26/h4-10,14H,3,11-13H2,1-2H3/t14-/m1/s1. The first kappa shape index (κ1) is 21.9. The molecule has 4 rings (SSSR count). The van der Waals surface area contributed by atoms with Gasteiger partial charge >= 0.3 is 12.2 Å². The van der Waals surface area contributed by atoms with E-state index in [1.165, 1.54) is 9.80 Å². The quantitative estimate of drug-likeness (QED) is 0.648. The molecule has 9 heteroatoms. The minimum atomic E-state index is -4.44. The molecule has 2 aliphatic heterocycles. The minimum Gasteiger partial charge on any atom is -0.325 e. The largest absolute Gasteiger partial charge is 0.406 e. The van der Waals surface area contributed by atoms with Crippen molar-refractivity contribution in [2.75, 3.05) is 19.6 Å². The second-order valence-electron chi connectivity index (χ2n) is 7.99. The van der Waals surface area contributed by atoms with Crippen molar-refractivity contribution in [3.05, 3.63) is 59.2 Å². The van der Waals surface area contributed by atoms with E-state index in [0.717, 1.165) is 21.6 Å². The highest BCUT2D eigenvalue weighted by Crippen LogP contribution is 2.32. The van der Waals surface area contributed by atoms with Crippen molar-refractivity contribution >= 4 is 17.8 Å². The number of hydrogen-bond acceptors (Lipinski definition) is 3. The number of imide groups is 1. The van der Waals surface area contributed by atoms with Gasteiger partial charge in [0.1, 0.15) is 13.1 Å². The molecule has 2 heterocycles. The number of benzene rings is 2. The summed E-state index contributed by atoms with van der Waals surface area (Å²) in [5.74, 6) is -0.827. The molecule has 2 aromatic rings. The Balaban J connectivity index is 1.51. The Morgan fingerprint density at radius 3 is 2.22 bits per heavy atom. The molecule has 1 saturated heterocycles. The summed E-state index contributed by atoms with van der Waals surface area (Å²) in [6.07, 6.45) is -4.44. The van der Waals surface area contributed by atoms with Gasteiger partial charge in [-0.1, -0.05) is 30.3 Å². The van der Waals surface area contributed by atoms with Crippen LogP contribution in [0.5, 0.6) is 0 Å². The van der Waals surface area contributed by atoms with Crippen molar-refractivity contribution in [3.8, 4) is 11.1 Å². The SMILES string of the molecule is CCN1C(=O)CN([C@H](C)c2ccc(-c3ccc4c(c3)CN(CC(F)(F)F)C4=O)cc2)C1=O. The number of urea groups is 1. The first-order valence-electron chi connectivity index (χ1n) is 10.3. The fourth-order valence-corrected chi connectivity index (χ4v) is 4.21. The van der Waals surface area contributed by atoms with Crippen LogP contribution in [0, 0.1) is 0 Å². The van der Waals surface area contributed by atoms with Crippen LogP contribution in [-0.2, 0) is 11.3 Å². The number of carbonyl (C=O) groups is 3. The van der Waals surface area contributed by atoms with Crippen LogP contribution in [0.25, 0.3) is 11.1 Å². The zero-order valence-electron chi connectivity index (χ0n) is 17.6. The fourth-order valence-electron chi connectivity index (χ4n) is 4.21. The van der Waals surface area contributed by atoms with Gasteiger partial charge in [-0.05, 0) is 48.2 Å². The summed E-state index contributed by atoms with van der Waals surface area (Å²) in [6, 6.07) is 11.9. The second kappa shape index (κ2) is 7.96. The number of nitrogens with zero attached hydrogens (tertiary/aromatic N) is 3. The van der Waals surface area contributed by atoms with E-state index >= 15 is 0 Å². The highest BCUT2D eigenvalue weighted by atomic mass is 19.4. The van der Waals surface area contributed by atoms with E-state index in [1.807, 2.05) is 31.2 Å². The number of carbonyl (C=O) groups excluding carboxylic acids is 3. The Morgan fingerprint density at radius 1 is 0.969 bits per heavy atom. The van der Waals surface area contributed by atoms with E-state index in [2.05, 4.69) is 0 Å². The number of halogens is 3. The third-order valence-corrected chi connectivity index (χ3v) is 5.95. The number of fused-ring (bicyclic) bond motifs is 1. The number of likely N-dealkylation sites (N-methyl/N-ethyl adjacent to an activating group) is 1. The zero-order valence-corrected chi connectivity index (χ0v) is 17.6. The average Bonchev–Trinajstić information content (AvgIpc) is 3.21. The number of rotatable bonds is 5. The summed E-state index contributed by atoms with van der Waals surface area (Å²) in [5, 5.41) is 0. The van der Waals surface area contributed by atoms with Crippen LogP contribution < -0.4 is 0 Å². The van der Waals surface area contributed by atoms with E-state index in [1.54, 1.807) is 25.1 Å². The normalized spacial score (nSPS) is 17.4. The number of amides is 4. The predicted octanol–water partition coefficient (Wildman–Crippen LogP) is 4.22. The summed E-state index contributed by atoms with van der Waals surface area (Å²) in [7, 11) is 0. The van der Waals surface area contributed by atoms with E-state index in [-0.39, 0.29) is 31.1 Å². The molecule has 0 aromatic heterocycles. The topological polar surface area (TPSA) is 60.9 Å². The second-order valence-corrected chi connectivity index (χ2v) is 7.99. The van der Waals surface area contributed by atoms with Crippen molar-refractivity contribution in [2.45, 2.75) is 32.6 Å². The number of alkyl halides is 3. The first-order valence-corrected chi connectivity index (χ1v) is 10.3. The van der Waals surface area contributed by atoms with Crippen LogP contribution in [0.3, 0.4) is 0 Å². The maximum Gasteiger partial charge on any atom is 0.406 e. The van der Waals surface area contributed by atoms with Crippen LogP contribution in [-0.4, -0.2) is 58.4 Å². The lowest BCUT2D eigenvalue weighted by atomic mass is 9.98. The monoisotopic (exact) mass is 445 g/mol. The molecule has 0 radical (unpaired) electrons. The molecule has 0 bridgehead atoms. The van der Waals surface area contributed by atoms with Crippen LogP contribution >= 0.6 is 0 Å². The van der Waals surface area contributed by atoms with Gasteiger partial charge in [-0.2, -0.15) is 13.2 Å². The summed E-state index contributed by atoms with van der Waals surface area (Å²) < 4.78 is 38.1. The molecule has 2 aromatic carbocycles. The maximum atomic E-state index is 12.7. The molecule has 4 amide bonds. The van der Waals surface area contributed by atoms with Crippen LogP contribution in [0.4, 0.5) is 18.0 Å². The molecule has 0 aliphatic carbocycles. The van der Waals surface area contributed by atoms with Gasteiger partial charge in [0.25, 0.3) is 5.91 Å². The minimum absolute atomic E-state index is 0.0445. The summed E-state index contributed by atoms with van der Waals surface area (Å²) >= 11 is 0. The van der Waals surface area contributed by atoms with E-state index in [0.29, 0.717) is 17.7 Å². The molecule has 0 spiro atoms. The summed E-state index contributed by atoms with van der Waals surface area (Å²) in [6.45, 7) is 2.65. The highest BCUT2D eigenvalue weighted by Gasteiger charge is 2.38. The Morgan fingerprint density at radius 2 is 1.62 bits per heavy atom.